The molecular formula is C11H17N3O3. The molecule has 1 aromatic rings. The minimum absolute atomic E-state index is 0.242. The zero-order valence-electron chi connectivity index (χ0n) is 10.3. The van der Waals surface area contributed by atoms with Crippen molar-refractivity contribution >= 4 is 11.7 Å². The van der Waals surface area contributed by atoms with Gasteiger partial charge >= 0.3 is 5.97 Å². The summed E-state index contributed by atoms with van der Waals surface area (Å²) in [5.41, 5.74) is 6.20. The van der Waals surface area contributed by atoms with Crippen LogP contribution in [-0.4, -0.2) is 50.2 Å². The third kappa shape index (κ3) is 3.92. The number of likely N-dealkylation sites (N-methyl/N-ethyl adjacent to an activating group) is 1. The summed E-state index contributed by atoms with van der Waals surface area (Å²) in [6, 6.07) is 1.49. The summed E-state index contributed by atoms with van der Waals surface area (Å²) in [7, 11) is 5.16. The second-order valence-electron chi connectivity index (χ2n) is 3.76. The molecule has 0 unspecified atom stereocenters. The number of carbonyl (C=O) groups excluding carboxylic acids is 1. The second kappa shape index (κ2) is 6.05. The molecule has 0 bridgehead atoms. The van der Waals surface area contributed by atoms with Crippen molar-refractivity contribution in [2.45, 2.75) is 0 Å². The maximum atomic E-state index is 11.5. The summed E-state index contributed by atoms with van der Waals surface area (Å²) in [4.78, 5) is 17.4. The van der Waals surface area contributed by atoms with E-state index >= 15 is 0 Å². The highest BCUT2D eigenvalue weighted by molar-refractivity contribution is 5.92. The number of hydrogen-bond acceptors (Lipinski definition) is 6. The van der Waals surface area contributed by atoms with Crippen molar-refractivity contribution in [3.05, 3.63) is 17.8 Å². The number of pyridine rings is 1. The molecule has 1 aromatic heterocycles. The standard InChI is InChI=1S/C11H17N3O3/c1-14(2)4-5-17-10-9(11(15)16-3)6-8(12)7-13-10/h6-7H,4-5,12H2,1-3H3. The number of carbonyl (C=O) groups is 1. The van der Waals surface area contributed by atoms with Crippen molar-refractivity contribution in [1.82, 2.24) is 9.88 Å². The quantitative estimate of drug-likeness (QED) is 0.749. The number of nitrogen functional groups attached to an aromatic ring is 1. The number of nitrogens with zero attached hydrogens (tertiary/aromatic N) is 2. The van der Waals surface area contributed by atoms with Gasteiger partial charge in [-0.05, 0) is 20.2 Å². The summed E-state index contributed by atoms with van der Waals surface area (Å²) >= 11 is 0. The molecule has 0 aliphatic heterocycles. The topological polar surface area (TPSA) is 77.7 Å². The average Bonchev–Trinajstić information content (AvgIpc) is 2.29. The van der Waals surface area contributed by atoms with Gasteiger partial charge in [-0.15, -0.1) is 0 Å². The summed E-state index contributed by atoms with van der Waals surface area (Å²) in [5.74, 6) is -0.266. The monoisotopic (exact) mass is 239 g/mol. The lowest BCUT2D eigenvalue weighted by atomic mass is 10.2. The van der Waals surface area contributed by atoms with Gasteiger partial charge in [0.25, 0.3) is 0 Å². The van der Waals surface area contributed by atoms with Crippen LogP contribution < -0.4 is 10.5 Å². The van der Waals surface area contributed by atoms with E-state index in [0.29, 0.717) is 12.3 Å². The molecule has 0 saturated heterocycles. The molecule has 94 valence electrons. The van der Waals surface area contributed by atoms with E-state index in [9.17, 15) is 4.79 Å². The number of nitrogens with two attached hydrogens (primary N) is 1. The molecule has 2 N–H and O–H groups in total. The third-order valence-corrected chi connectivity index (χ3v) is 2.05. The first-order valence-corrected chi connectivity index (χ1v) is 5.16. The molecule has 17 heavy (non-hydrogen) atoms. The molecule has 6 nitrogen and oxygen atoms in total. The molecular weight excluding hydrogens is 222 g/mol. The molecule has 6 heteroatoms. The molecule has 0 saturated carbocycles. The first kappa shape index (κ1) is 13.2. The van der Waals surface area contributed by atoms with Gasteiger partial charge in [0.1, 0.15) is 12.2 Å². The lowest BCUT2D eigenvalue weighted by molar-refractivity contribution is 0.0594. The van der Waals surface area contributed by atoms with Gasteiger partial charge in [-0.3, -0.25) is 0 Å². The predicted octanol–water partition coefficient (Wildman–Crippen LogP) is 0.391. The Bertz CT molecular complexity index is 394. The van der Waals surface area contributed by atoms with Crippen molar-refractivity contribution in [3.8, 4) is 5.88 Å². The van der Waals surface area contributed by atoms with E-state index in [2.05, 4.69) is 9.72 Å². The molecule has 1 rings (SSSR count). The Morgan fingerprint density at radius 2 is 2.24 bits per heavy atom. The number of aromatic nitrogens is 1. The second-order valence-corrected chi connectivity index (χ2v) is 3.76. The molecule has 0 amide bonds. The van der Waals surface area contributed by atoms with Gasteiger partial charge in [0.2, 0.25) is 5.88 Å². The van der Waals surface area contributed by atoms with Crippen LogP contribution in [-0.2, 0) is 4.74 Å². The molecule has 0 aliphatic carbocycles. The highest BCUT2D eigenvalue weighted by Gasteiger charge is 2.15. The number of rotatable bonds is 5. The summed E-state index contributed by atoms with van der Waals surface area (Å²) in [6.07, 6.45) is 1.44. The Hall–Kier alpha value is -1.82. The van der Waals surface area contributed by atoms with Crippen molar-refractivity contribution in [1.29, 1.82) is 0 Å². The minimum Gasteiger partial charge on any atom is -0.476 e. The van der Waals surface area contributed by atoms with Crippen LogP contribution in [0.3, 0.4) is 0 Å². The van der Waals surface area contributed by atoms with Gasteiger partial charge < -0.3 is 20.1 Å². The van der Waals surface area contributed by atoms with Crippen LogP contribution in [0.1, 0.15) is 10.4 Å². The number of ether oxygens (including phenoxy) is 2. The van der Waals surface area contributed by atoms with Gasteiger partial charge in [0.05, 0.1) is 19.0 Å². The summed E-state index contributed by atoms with van der Waals surface area (Å²) in [6.45, 7) is 1.17. The van der Waals surface area contributed by atoms with Gasteiger partial charge in [0, 0.05) is 6.54 Å². The van der Waals surface area contributed by atoms with E-state index < -0.39 is 5.97 Å². The zero-order chi connectivity index (χ0) is 12.8. The van der Waals surface area contributed by atoms with Crippen molar-refractivity contribution in [2.24, 2.45) is 0 Å². The largest absolute Gasteiger partial charge is 0.476 e. The molecule has 0 fully saturated rings. The molecule has 0 aliphatic rings. The van der Waals surface area contributed by atoms with E-state index in [1.807, 2.05) is 19.0 Å². The van der Waals surface area contributed by atoms with Crippen LogP contribution in [0.2, 0.25) is 0 Å². The van der Waals surface area contributed by atoms with Crippen LogP contribution in [0.5, 0.6) is 5.88 Å². The summed E-state index contributed by atoms with van der Waals surface area (Å²) < 4.78 is 10.1. The van der Waals surface area contributed by atoms with Gasteiger partial charge in [-0.1, -0.05) is 0 Å². The maximum absolute atomic E-state index is 11.5. The molecule has 0 spiro atoms. The Labute approximate surface area is 100 Å². The van der Waals surface area contributed by atoms with Crippen LogP contribution >= 0.6 is 0 Å². The lowest BCUT2D eigenvalue weighted by Crippen LogP contribution is -2.20. The van der Waals surface area contributed by atoms with E-state index in [4.69, 9.17) is 10.5 Å². The fraction of sp³-hybridized carbons (Fsp3) is 0.455. The first-order valence-electron chi connectivity index (χ1n) is 5.16. The van der Waals surface area contributed by atoms with E-state index in [1.165, 1.54) is 19.4 Å². The average molecular weight is 239 g/mol. The van der Waals surface area contributed by atoms with E-state index in [-0.39, 0.29) is 11.4 Å². The van der Waals surface area contributed by atoms with Gasteiger partial charge in [-0.25, -0.2) is 9.78 Å². The van der Waals surface area contributed by atoms with Crippen LogP contribution in [0.15, 0.2) is 12.3 Å². The number of methoxy groups -OCH3 is 1. The lowest BCUT2D eigenvalue weighted by Gasteiger charge is -2.12. The van der Waals surface area contributed by atoms with Crippen LogP contribution in [0.25, 0.3) is 0 Å². The smallest absolute Gasteiger partial charge is 0.343 e. The number of esters is 1. The predicted molar refractivity (Wildman–Crippen MR) is 64.0 cm³/mol. The number of anilines is 1. The minimum atomic E-state index is -0.510. The normalized spacial score (nSPS) is 10.4. The SMILES string of the molecule is COC(=O)c1cc(N)cnc1OCCN(C)C. The highest BCUT2D eigenvalue weighted by Crippen LogP contribution is 2.18. The van der Waals surface area contributed by atoms with Crippen molar-refractivity contribution in [3.63, 3.8) is 0 Å². The van der Waals surface area contributed by atoms with Crippen molar-refractivity contribution in [2.75, 3.05) is 40.1 Å². The fourth-order valence-corrected chi connectivity index (χ4v) is 1.16. The van der Waals surface area contributed by atoms with Crippen LogP contribution in [0.4, 0.5) is 5.69 Å². The summed E-state index contributed by atoms with van der Waals surface area (Å²) in [5, 5.41) is 0. The Morgan fingerprint density at radius 1 is 1.53 bits per heavy atom. The molecule has 0 aromatic carbocycles. The fourth-order valence-electron chi connectivity index (χ4n) is 1.16. The molecule has 0 atom stereocenters. The van der Waals surface area contributed by atoms with Gasteiger partial charge in [0.15, 0.2) is 0 Å². The first-order chi connectivity index (χ1) is 8.04. The van der Waals surface area contributed by atoms with E-state index in [0.717, 1.165) is 6.54 Å². The Morgan fingerprint density at radius 3 is 2.82 bits per heavy atom. The highest BCUT2D eigenvalue weighted by atomic mass is 16.5. The molecule has 0 radical (unpaired) electrons. The Kier molecular flexibility index (Phi) is 4.71. The maximum Gasteiger partial charge on any atom is 0.343 e. The number of hydrogen-bond donors (Lipinski definition) is 1. The zero-order valence-corrected chi connectivity index (χ0v) is 10.3. The Balaban J connectivity index is 2.79. The van der Waals surface area contributed by atoms with E-state index in [1.54, 1.807) is 0 Å². The van der Waals surface area contributed by atoms with Gasteiger partial charge in [-0.2, -0.15) is 0 Å². The van der Waals surface area contributed by atoms with Crippen LogP contribution in [0, 0.1) is 0 Å². The third-order valence-electron chi connectivity index (χ3n) is 2.05. The molecule has 1 heterocycles. The van der Waals surface area contributed by atoms with Crippen molar-refractivity contribution < 1.29 is 14.3 Å².